The highest BCUT2D eigenvalue weighted by atomic mass is 16.6. The van der Waals surface area contributed by atoms with Gasteiger partial charge < -0.3 is 33.2 Å². The number of epoxide rings is 1. The molecule has 0 unspecified atom stereocenters. The maximum absolute atomic E-state index is 13.3. The van der Waals surface area contributed by atoms with Gasteiger partial charge in [0.25, 0.3) is 0 Å². The Morgan fingerprint density at radius 1 is 0.593 bits per heavy atom. The molecule has 1 saturated heterocycles. The van der Waals surface area contributed by atoms with Crippen LogP contribution >= 0.6 is 0 Å². The van der Waals surface area contributed by atoms with E-state index in [0.29, 0.717) is 42.6 Å². The lowest BCUT2D eigenvalue weighted by Gasteiger charge is -2.25. The Balaban J connectivity index is 1.57. The van der Waals surface area contributed by atoms with Crippen LogP contribution in [-0.2, 0) is 32.3 Å². The summed E-state index contributed by atoms with van der Waals surface area (Å²) in [5, 5.41) is 0. The third kappa shape index (κ3) is 11.1. The van der Waals surface area contributed by atoms with E-state index in [0.717, 1.165) is 11.1 Å². The van der Waals surface area contributed by atoms with Crippen LogP contribution in [0.25, 0.3) is 0 Å². The Morgan fingerprint density at radius 2 is 0.981 bits per heavy atom. The smallest absolute Gasteiger partial charge is 0.316 e. The second-order valence-corrected chi connectivity index (χ2v) is 16.4. The minimum Gasteiger partial charge on any atom is -0.489 e. The summed E-state index contributed by atoms with van der Waals surface area (Å²) in [6.45, 7) is 16.3. The molecule has 1 aliphatic rings. The Bertz CT molecular complexity index is 1820. The summed E-state index contributed by atoms with van der Waals surface area (Å²) >= 11 is 0. The van der Waals surface area contributed by atoms with Crippen LogP contribution < -0.4 is 28.4 Å². The first kappa shape index (κ1) is 39.8. The summed E-state index contributed by atoms with van der Waals surface area (Å²) in [7, 11) is 0. The van der Waals surface area contributed by atoms with Gasteiger partial charge in [0.05, 0.1) is 22.9 Å². The molecule has 10 heteroatoms. The highest BCUT2D eigenvalue weighted by Gasteiger charge is 2.39. The first-order chi connectivity index (χ1) is 25.4. The minimum absolute atomic E-state index is 0.109. The molecule has 4 aromatic carbocycles. The van der Waals surface area contributed by atoms with Gasteiger partial charge in [-0.05, 0) is 85.6 Å². The number of rotatable bonds is 13. The van der Waals surface area contributed by atoms with Crippen LogP contribution in [0.2, 0.25) is 0 Å². The van der Waals surface area contributed by atoms with Gasteiger partial charge in [0.15, 0.2) is 17.6 Å². The fourth-order valence-electron chi connectivity index (χ4n) is 4.76. The second kappa shape index (κ2) is 16.3. The SMILES string of the molecule is CC(C)(C)C(=O)Oc1cc([C@@H](Oc2cc(OCc3ccccc3)cc(OCc3ccccc3)c2)[C@@H]2CO2)cc(OC(=O)C(C)(C)C)c1OC(=O)C(C)(C)C. The van der Waals surface area contributed by atoms with Crippen LogP contribution in [0.15, 0.2) is 91.0 Å². The zero-order chi connectivity index (χ0) is 39.3. The number of hydrogen-bond donors (Lipinski definition) is 0. The van der Waals surface area contributed by atoms with Crippen molar-refractivity contribution in [2.24, 2.45) is 16.2 Å². The van der Waals surface area contributed by atoms with Crippen LogP contribution in [-0.4, -0.2) is 30.6 Å². The van der Waals surface area contributed by atoms with E-state index < -0.39 is 46.4 Å². The second-order valence-electron chi connectivity index (χ2n) is 16.4. The van der Waals surface area contributed by atoms with Gasteiger partial charge in [-0.25, -0.2) is 0 Å². The summed E-state index contributed by atoms with van der Waals surface area (Å²) in [6.07, 6.45) is -1.20. The van der Waals surface area contributed by atoms with Gasteiger partial charge in [-0.15, -0.1) is 0 Å². The van der Waals surface area contributed by atoms with Crippen molar-refractivity contribution in [3.63, 3.8) is 0 Å². The van der Waals surface area contributed by atoms with Crippen LogP contribution in [0, 0.1) is 16.2 Å². The van der Waals surface area contributed by atoms with Crippen LogP contribution in [0.1, 0.15) is 85.1 Å². The predicted molar refractivity (Wildman–Crippen MR) is 203 cm³/mol. The molecule has 5 rings (SSSR count). The van der Waals surface area contributed by atoms with E-state index in [1.807, 2.05) is 60.7 Å². The summed E-state index contributed by atoms with van der Waals surface area (Å²) in [5.41, 5.74) is -0.353. The molecule has 0 spiro atoms. The van der Waals surface area contributed by atoms with Gasteiger partial charge in [-0.2, -0.15) is 0 Å². The van der Waals surface area contributed by atoms with E-state index in [1.54, 1.807) is 92.6 Å². The number of ether oxygens (including phenoxy) is 7. The molecule has 0 aromatic heterocycles. The molecule has 0 amide bonds. The highest BCUT2D eigenvalue weighted by Crippen LogP contribution is 2.46. The van der Waals surface area contributed by atoms with Crippen molar-refractivity contribution in [1.82, 2.24) is 0 Å². The van der Waals surface area contributed by atoms with Gasteiger partial charge >= 0.3 is 17.9 Å². The maximum atomic E-state index is 13.3. The van der Waals surface area contributed by atoms with Gasteiger partial charge in [0.2, 0.25) is 5.75 Å². The van der Waals surface area contributed by atoms with Crippen LogP contribution in [0.3, 0.4) is 0 Å². The Labute approximate surface area is 317 Å². The third-order valence-corrected chi connectivity index (χ3v) is 8.12. The van der Waals surface area contributed by atoms with E-state index in [9.17, 15) is 14.4 Å². The van der Waals surface area contributed by atoms with Crippen molar-refractivity contribution >= 4 is 17.9 Å². The van der Waals surface area contributed by atoms with Crippen molar-refractivity contribution in [3.8, 4) is 34.5 Å². The molecule has 286 valence electrons. The average molecular weight is 739 g/mol. The first-order valence-electron chi connectivity index (χ1n) is 18.0. The van der Waals surface area contributed by atoms with Gasteiger partial charge in [-0.3, -0.25) is 14.4 Å². The maximum Gasteiger partial charge on any atom is 0.316 e. The number of carbonyl (C=O) groups is 3. The topological polar surface area (TPSA) is 119 Å². The van der Waals surface area contributed by atoms with E-state index in [-0.39, 0.29) is 17.2 Å². The molecular formula is C44H50O10. The molecule has 1 aliphatic heterocycles. The van der Waals surface area contributed by atoms with Crippen molar-refractivity contribution in [2.45, 2.75) is 87.7 Å². The molecule has 0 bridgehead atoms. The summed E-state index contributed by atoms with van der Waals surface area (Å²) in [6, 6.07) is 28.0. The van der Waals surface area contributed by atoms with E-state index in [1.165, 1.54) is 0 Å². The largest absolute Gasteiger partial charge is 0.489 e. The van der Waals surface area contributed by atoms with Crippen molar-refractivity contribution in [3.05, 3.63) is 108 Å². The fourth-order valence-corrected chi connectivity index (χ4v) is 4.76. The van der Waals surface area contributed by atoms with E-state index >= 15 is 0 Å². The number of benzene rings is 4. The fraction of sp³-hybridized carbons (Fsp3) is 0.386. The van der Waals surface area contributed by atoms with E-state index in [4.69, 9.17) is 33.2 Å². The molecule has 0 saturated carbocycles. The average Bonchev–Trinajstić information content (AvgIpc) is 3.95. The summed E-state index contributed by atoms with van der Waals surface area (Å²) < 4.78 is 42.5. The lowest BCUT2D eigenvalue weighted by molar-refractivity contribution is -0.146. The normalized spacial score (nSPS) is 14.7. The summed E-state index contributed by atoms with van der Waals surface area (Å²) in [5.74, 6) is -0.784. The molecule has 54 heavy (non-hydrogen) atoms. The monoisotopic (exact) mass is 738 g/mol. The predicted octanol–water partition coefficient (Wildman–Crippen LogP) is 9.22. The number of hydrogen-bond acceptors (Lipinski definition) is 10. The molecule has 4 aromatic rings. The molecule has 0 radical (unpaired) electrons. The molecule has 0 N–H and O–H groups in total. The zero-order valence-electron chi connectivity index (χ0n) is 32.5. The third-order valence-electron chi connectivity index (χ3n) is 8.12. The highest BCUT2D eigenvalue weighted by molar-refractivity contribution is 5.84. The minimum atomic E-state index is -0.934. The first-order valence-corrected chi connectivity index (χ1v) is 18.0. The lowest BCUT2D eigenvalue weighted by Crippen LogP contribution is -2.29. The van der Waals surface area contributed by atoms with Crippen LogP contribution in [0.5, 0.6) is 34.5 Å². The Hall–Kier alpha value is -5.35. The molecule has 0 aliphatic carbocycles. The molecule has 2 atom stereocenters. The number of carbonyl (C=O) groups excluding carboxylic acids is 3. The van der Waals surface area contributed by atoms with Gasteiger partial charge in [0.1, 0.15) is 36.6 Å². The molecule has 1 fully saturated rings. The lowest BCUT2D eigenvalue weighted by atomic mass is 9.96. The zero-order valence-corrected chi connectivity index (χ0v) is 32.5. The van der Waals surface area contributed by atoms with E-state index in [2.05, 4.69) is 0 Å². The van der Waals surface area contributed by atoms with Crippen molar-refractivity contribution in [1.29, 1.82) is 0 Å². The standard InChI is InChI=1S/C44H50O10/c1-42(2,3)39(45)52-34-20-30(21-35(53-40(46)43(4,5)6)38(34)54-41(47)44(7,8)9)37(36-27-50-36)51-33-23-31(48-25-28-16-12-10-13-17-28)22-32(24-33)49-26-29-18-14-11-15-19-29/h10-24,36-37H,25-27H2,1-9H3/t36-,37+/m0/s1. The molecule has 10 nitrogen and oxygen atoms in total. The Kier molecular flexibility index (Phi) is 12.1. The van der Waals surface area contributed by atoms with Gasteiger partial charge in [-0.1, -0.05) is 60.7 Å². The summed E-state index contributed by atoms with van der Waals surface area (Å²) in [4.78, 5) is 39.9. The van der Waals surface area contributed by atoms with Gasteiger partial charge in [0, 0.05) is 23.8 Å². The number of esters is 3. The molecule has 1 heterocycles. The molecular weight excluding hydrogens is 688 g/mol. The van der Waals surface area contributed by atoms with Crippen molar-refractivity contribution < 1.29 is 47.5 Å². The van der Waals surface area contributed by atoms with Crippen molar-refractivity contribution in [2.75, 3.05) is 6.61 Å². The quantitative estimate of drug-likeness (QED) is 0.0746. The van der Waals surface area contributed by atoms with Crippen LogP contribution in [0.4, 0.5) is 0 Å². The Morgan fingerprint density at radius 3 is 1.37 bits per heavy atom.